The van der Waals surface area contributed by atoms with Crippen molar-refractivity contribution < 1.29 is 4.74 Å². The van der Waals surface area contributed by atoms with Crippen molar-refractivity contribution in [3.8, 4) is 0 Å². The van der Waals surface area contributed by atoms with E-state index in [9.17, 15) is 0 Å². The van der Waals surface area contributed by atoms with Gasteiger partial charge in [0.1, 0.15) is 0 Å². The molecule has 1 aliphatic heterocycles. The molecule has 0 bridgehead atoms. The van der Waals surface area contributed by atoms with Crippen molar-refractivity contribution in [2.24, 2.45) is 0 Å². The molecule has 0 radical (unpaired) electrons. The Kier molecular flexibility index (Phi) is 7.33. The average molecular weight is 270 g/mol. The summed E-state index contributed by atoms with van der Waals surface area (Å²) in [6.45, 7) is 12.6. The van der Waals surface area contributed by atoms with E-state index in [2.05, 4.69) is 37.9 Å². The third-order valence-corrected chi connectivity index (χ3v) is 4.38. The molecule has 0 saturated carbocycles. The minimum absolute atomic E-state index is 0.0208. The van der Waals surface area contributed by atoms with Crippen molar-refractivity contribution in [3.63, 3.8) is 0 Å². The van der Waals surface area contributed by atoms with Crippen molar-refractivity contribution in [3.05, 3.63) is 0 Å². The van der Waals surface area contributed by atoms with Gasteiger partial charge in [0.2, 0.25) is 0 Å². The molecule has 0 spiro atoms. The van der Waals surface area contributed by atoms with E-state index in [0.29, 0.717) is 12.1 Å². The van der Waals surface area contributed by atoms with Crippen LogP contribution in [0.25, 0.3) is 0 Å². The molecule has 2 atom stereocenters. The number of methoxy groups -OCH3 is 1. The summed E-state index contributed by atoms with van der Waals surface area (Å²) < 4.78 is 5.59. The molecular formula is C16H34N2O. The molecule has 0 aromatic carbocycles. The van der Waals surface area contributed by atoms with Gasteiger partial charge >= 0.3 is 0 Å². The second-order valence-electron chi connectivity index (χ2n) is 6.66. The van der Waals surface area contributed by atoms with Gasteiger partial charge in [0.15, 0.2) is 0 Å². The Morgan fingerprint density at radius 2 is 2.16 bits per heavy atom. The first-order valence-corrected chi connectivity index (χ1v) is 8.01. The van der Waals surface area contributed by atoms with Crippen LogP contribution in [0, 0.1) is 0 Å². The number of hydrogen-bond donors (Lipinski definition) is 1. The van der Waals surface area contributed by atoms with Gasteiger partial charge in [-0.1, -0.05) is 13.3 Å². The predicted molar refractivity (Wildman–Crippen MR) is 82.7 cm³/mol. The van der Waals surface area contributed by atoms with E-state index in [0.717, 1.165) is 6.42 Å². The topological polar surface area (TPSA) is 24.5 Å². The van der Waals surface area contributed by atoms with Crippen molar-refractivity contribution in [2.75, 3.05) is 26.7 Å². The predicted octanol–water partition coefficient (Wildman–Crippen LogP) is 3.04. The maximum Gasteiger partial charge on any atom is 0.0637 e. The quantitative estimate of drug-likeness (QED) is 0.697. The van der Waals surface area contributed by atoms with E-state index in [-0.39, 0.29) is 5.60 Å². The van der Waals surface area contributed by atoms with Gasteiger partial charge in [-0.25, -0.2) is 0 Å². The summed E-state index contributed by atoms with van der Waals surface area (Å²) in [5.74, 6) is 0. The molecule has 2 unspecified atom stereocenters. The van der Waals surface area contributed by atoms with Gasteiger partial charge in [0.25, 0.3) is 0 Å². The van der Waals surface area contributed by atoms with Gasteiger partial charge in [0, 0.05) is 25.7 Å². The van der Waals surface area contributed by atoms with Gasteiger partial charge in [-0.3, -0.25) is 4.90 Å². The number of nitrogens with zero attached hydrogens (tertiary/aromatic N) is 1. The van der Waals surface area contributed by atoms with E-state index in [4.69, 9.17) is 4.74 Å². The van der Waals surface area contributed by atoms with Gasteiger partial charge < -0.3 is 10.1 Å². The fraction of sp³-hybridized carbons (Fsp3) is 1.00. The van der Waals surface area contributed by atoms with Crippen LogP contribution in [0.1, 0.15) is 59.8 Å². The minimum atomic E-state index is -0.0208. The molecule has 1 aliphatic rings. The van der Waals surface area contributed by atoms with Crippen LogP contribution in [0.2, 0.25) is 0 Å². The van der Waals surface area contributed by atoms with Crippen LogP contribution in [-0.2, 0) is 4.74 Å². The number of rotatable bonds is 9. The number of unbranched alkanes of at least 4 members (excludes halogenated alkanes) is 1. The molecule has 0 amide bonds. The van der Waals surface area contributed by atoms with Crippen LogP contribution in [-0.4, -0.2) is 49.3 Å². The highest BCUT2D eigenvalue weighted by Gasteiger charge is 2.26. The standard InChI is InChI=1S/C16H34N2O/c1-6-7-11-18(13-15-9-8-10-17-15)14(2)12-16(3,4)19-5/h14-15,17H,6-13H2,1-5H3. The Balaban J connectivity index is 2.50. The SMILES string of the molecule is CCCCN(CC1CCCN1)C(C)CC(C)(C)OC. The normalized spacial score (nSPS) is 22.1. The van der Waals surface area contributed by atoms with E-state index < -0.39 is 0 Å². The zero-order valence-corrected chi connectivity index (χ0v) is 13.7. The van der Waals surface area contributed by atoms with Crippen LogP contribution < -0.4 is 5.32 Å². The number of hydrogen-bond acceptors (Lipinski definition) is 3. The summed E-state index contributed by atoms with van der Waals surface area (Å²) in [4.78, 5) is 2.66. The monoisotopic (exact) mass is 270 g/mol. The first-order valence-electron chi connectivity index (χ1n) is 8.01. The molecular weight excluding hydrogens is 236 g/mol. The van der Waals surface area contributed by atoms with Crippen molar-refractivity contribution in [1.82, 2.24) is 10.2 Å². The van der Waals surface area contributed by atoms with Crippen LogP contribution in [0.5, 0.6) is 0 Å². The molecule has 0 aliphatic carbocycles. The van der Waals surface area contributed by atoms with Crippen LogP contribution in [0.15, 0.2) is 0 Å². The lowest BCUT2D eigenvalue weighted by molar-refractivity contribution is -0.00724. The maximum atomic E-state index is 5.59. The third kappa shape index (κ3) is 6.24. The smallest absolute Gasteiger partial charge is 0.0637 e. The lowest BCUT2D eigenvalue weighted by atomic mass is 9.98. The number of nitrogens with one attached hydrogen (secondary N) is 1. The van der Waals surface area contributed by atoms with E-state index in [1.54, 1.807) is 0 Å². The average Bonchev–Trinajstić information content (AvgIpc) is 2.86. The van der Waals surface area contributed by atoms with Crippen molar-refractivity contribution in [1.29, 1.82) is 0 Å². The zero-order valence-electron chi connectivity index (χ0n) is 13.7. The van der Waals surface area contributed by atoms with Gasteiger partial charge in [-0.2, -0.15) is 0 Å². The zero-order chi connectivity index (χ0) is 14.3. The molecule has 1 N–H and O–H groups in total. The molecule has 0 aromatic rings. The fourth-order valence-corrected chi connectivity index (χ4v) is 2.97. The summed E-state index contributed by atoms with van der Waals surface area (Å²) in [7, 11) is 1.82. The van der Waals surface area contributed by atoms with Crippen LogP contribution >= 0.6 is 0 Å². The molecule has 1 fully saturated rings. The van der Waals surface area contributed by atoms with Crippen molar-refractivity contribution in [2.45, 2.75) is 77.5 Å². The second-order valence-corrected chi connectivity index (χ2v) is 6.66. The molecule has 1 heterocycles. The lowest BCUT2D eigenvalue weighted by Gasteiger charge is -2.36. The highest BCUT2D eigenvalue weighted by Crippen LogP contribution is 2.20. The summed E-state index contributed by atoms with van der Waals surface area (Å²) >= 11 is 0. The molecule has 19 heavy (non-hydrogen) atoms. The molecule has 114 valence electrons. The van der Waals surface area contributed by atoms with Gasteiger partial charge in [-0.15, -0.1) is 0 Å². The van der Waals surface area contributed by atoms with Gasteiger partial charge in [-0.05, 0) is 59.5 Å². The first-order chi connectivity index (χ1) is 8.98. The molecule has 1 rings (SSSR count). The van der Waals surface area contributed by atoms with E-state index in [1.165, 1.54) is 45.3 Å². The first kappa shape index (κ1) is 16.9. The molecule has 1 saturated heterocycles. The Hall–Kier alpha value is -0.120. The molecule has 0 aromatic heterocycles. The highest BCUT2D eigenvalue weighted by atomic mass is 16.5. The summed E-state index contributed by atoms with van der Waals surface area (Å²) in [5, 5.41) is 3.62. The van der Waals surface area contributed by atoms with Crippen LogP contribution in [0.4, 0.5) is 0 Å². The second kappa shape index (κ2) is 8.23. The van der Waals surface area contributed by atoms with Crippen molar-refractivity contribution >= 4 is 0 Å². The van der Waals surface area contributed by atoms with Gasteiger partial charge in [0.05, 0.1) is 5.60 Å². The molecule has 3 nitrogen and oxygen atoms in total. The molecule has 3 heteroatoms. The van der Waals surface area contributed by atoms with E-state index in [1.807, 2.05) is 7.11 Å². The Labute approximate surface area is 120 Å². The summed E-state index contributed by atoms with van der Waals surface area (Å²) in [5.41, 5.74) is -0.0208. The maximum absolute atomic E-state index is 5.59. The third-order valence-electron chi connectivity index (χ3n) is 4.38. The van der Waals surface area contributed by atoms with Crippen LogP contribution in [0.3, 0.4) is 0 Å². The van der Waals surface area contributed by atoms with E-state index >= 15 is 0 Å². The largest absolute Gasteiger partial charge is 0.379 e. The Bertz CT molecular complexity index is 237. The Morgan fingerprint density at radius 1 is 1.42 bits per heavy atom. The highest BCUT2D eigenvalue weighted by molar-refractivity contribution is 4.83. The summed E-state index contributed by atoms with van der Waals surface area (Å²) in [6, 6.07) is 1.29. The lowest BCUT2D eigenvalue weighted by Crippen LogP contribution is -2.45. The fourth-order valence-electron chi connectivity index (χ4n) is 2.97. The minimum Gasteiger partial charge on any atom is -0.379 e. The number of ether oxygens (including phenoxy) is 1. The Morgan fingerprint density at radius 3 is 2.68 bits per heavy atom. The summed E-state index contributed by atoms with van der Waals surface area (Å²) in [6.07, 6.45) is 6.34.